The number of carbonyl (C=O) groups is 1. The normalized spacial score (nSPS) is 25.8. The minimum Gasteiger partial charge on any atom is -0.508 e. The van der Waals surface area contributed by atoms with E-state index in [1.165, 1.54) is 12.1 Å². The first-order chi connectivity index (χ1) is 20.8. The number of nitrogens with zero attached hydrogens (tertiary/aromatic N) is 5. The molecule has 3 fully saturated rings. The monoisotopic (exact) mass is 593 g/mol. The van der Waals surface area contributed by atoms with E-state index in [0.29, 0.717) is 84.8 Å². The van der Waals surface area contributed by atoms with E-state index in [2.05, 4.69) is 4.90 Å². The number of benzene rings is 2. The maximum absolute atomic E-state index is 15.0. The second kappa shape index (κ2) is 10.9. The van der Waals surface area contributed by atoms with Crippen molar-refractivity contribution in [1.82, 2.24) is 14.9 Å². The summed E-state index contributed by atoms with van der Waals surface area (Å²) in [6.45, 7) is 7.60. The van der Waals surface area contributed by atoms with Crippen molar-refractivity contribution in [2.75, 3.05) is 55.8 Å². The minimum absolute atomic E-state index is 0.0183. The number of halogens is 2. The number of fused-ring (bicyclic) bond motifs is 3. The maximum atomic E-state index is 15.0. The van der Waals surface area contributed by atoms with Crippen molar-refractivity contribution in [3.05, 3.63) is 46.9 Å². The molecule has 228 valence electrons. The third-order valence-electron chi connectivity index (χ3n) is 9.61. The average molecular weight is 594 g/mol. The molecule has 4 aliphatic heterocycles. The molecule has 5 heterocycles. The molecule has 3 unspecified atom stereocenters. The molecule has 4 aliphatic rings. The zero-order valence-electron chi connectivity index (χ0n) is 24.6. The number of aryl methyl sites for hydroxylation is 1. The van der Waals surface area contributed by atoms with E-state index >= 15 is 4.39 Å². The van der Waals surface area contributed by atoms with Crippen molar-refractivity contribution in [2.45, 2.75) is 63.7 Å². The van der Waals surface area contributed by atoms with Gasteiger partial charge in [0.2, 0.25) is 0 Å². The first kappa shape index (κ1) is 28.2. The van der Waals surface area contributed by atoms with Crippen molar-refractivity contribution in [3.8, 4) is 11.8 Å². The molecule has 1 amide bonds. The fourth-order valence-electron chi connectivity index (χ4n) is 7.60. The minimum atomic E-state index is -0.876. The van der Waals surface area contributed by atoms with Gasteiger partial charge in [0.05, 0.1) is 29.6 Å². The van der Waals surface area contributed by atoms with Crippen molar-refractivity contribution in [1.29, 1.82) is 0 Å². The van der Waals surface area contributed by atoms with Crippen molar-refractivity contribution >= 4 is 28.2 Å². The van der Waals surface area contributed by atoms with Crippen LogP contribution < -0.4 is 14.5 Å². The average Bonchev–Trinajstić information content (AvgIpc) is 3.48. The molecular weight excluding hydrogens is 556 g/mol. The maximum Gasteiger partial charge on any atom is 0.318 e. The highest BCUT2D eigenvalue weighted by molar-refractivity contribution is 6.17. The summed E-state index contributed by atoms with van der Waals surface area (Å²) in [5.41, 5.74) is 1.42. The summed E-state index contributed by atoms with van der Waals surface area (Å²) in [6.07, 6.45) is 2.60. The molecule has 0 saturated carbocycles. The van der Waals surface area contributed by atoms with Crippen LogP contribution in [0.15, 0.2) is 24.3 Å². The third-order valence-corrected chi connectivity index (χ3v) is 9.61. The van der Waals surface area contributed by atoms with Crippen LogP contribution in [0.2, 0.25) is 0 Å². The Balaban J connectivity index is 1.32. The van der Waals surface area contributed by atoms with Gasteiger partial charge in [0, 0.05) is 44.1 Å². The van der Waals surface area contributed by atoms with Gasteiger partial charge < -0.3 is 19.5 Å². The molecule has 0 spiro atoms. The smallest absolute Gasteiger partial charge is 0.318 e. The van der Waals surface area contributed by atoms with E-state index in [9.17, 15) is 14.3 Å². The number of amides is 1. The molecule has 3 aromatic rings. The Hall–Kier alpha value is -3.57. The summed E-state index contributed by atoms with van der Waals surface area (Å²) >= 11 is 0. The zero-order valence-corrected chi connectivity index (χ0v) is 24.6. The summed E-state index contributed by atoms with van der Waals surface area (Å²) in [4.78, 5) is 29.8. The number of hydrogen-bond donors (Lipinski definition) is 1. The lowest BCUT2D eigenvalue weighted by Gasteiger charge is -2.31. The number of phenolic OH excluding ortho intramolecular Hbond substituents is 1. The van der Waals surface area contributed by atoms with E-state index in [-0.39, 0.29) is 35.6 Å². The standard InChI is InChI=1S/C32H37F2N5O4/c1-3-23-24(34)7-6-20-14-22(40)15-25(26(20)23)39-19(2)28-27(30(39)41)29(37-9-5-12-42-13-11-37)36-31(35-28)43-18-32-8-4-10-38(32)17-21(33)16-32/h6-7,14-15,19,21,40H,3-5,8-13,16-18H2,1-2H3. The Morgan fingerprint density at radius 2 is 2.02 bits per heavy atom. The van der Waals surface area contributed by atoms with Gasteiger partial charge in [0.1, 0.15) is 35.7 Å². The van der Waals surface area contributed by atoms with E-state index < -0.39 is 12.2 Å². The number of aromatic nitrogens is 2. The third kappa shape index (κ3) is 4.68. The van der Waals surface area contributed by atoms with Crippen LogP contribution >= 0.6 is 0 Å². The van der Waals surface area contributed by atoms with Crippen molar-refractivity contribution in [3.63, 3.8) is 0 Å². The first-order valence-corrected chi connectivity index (χ1v) is 15.3. The molecule has 0 bridgehead atoms. The Morgan fingerprint density at radius 1 is 1.16 bits per heavy atom. The van der Waals surface area contributed by atoms with Gasteiger partial charge in [-0.2, -0.15) is 9.97 Å². The molecule has 3 saturated heterocycles. The summed E-state index contributed by atoms with van der Waals surface area (Å²) in [5, 5.41) is 11.9. The molecule has 3 atom stereocenters. The predicted octanol–water partition coefficient (Wildman–Crippen LogP) is 4.94. The fourth-order valence-corrected chi connectivity index (χ4v) is 7.60. The van der Waals surface area contributed by atoms with Crippen LogP contribution in [0.25, 0.3) is 10.8 Å². The number of rotatable bonds is 6. The Morgan fingerprint density at radius 3 is 2.86 bits per heavy atom. The van der Waals surface area contributed by atoms with Crippen molar-refractivity contribution in [2.24, 2.45) is 0 Å². The number of phenols is 1. The van der Waals surface area contributed by atoms with Crippen LogP contribution in [0.1, 0.15) is 67.2 Å². The van der Waals surface area contributed by atoms with E-state index in [1.54, 1.807) is 17.0 Å². The lowest BCUT2D eigenvalue weighted by Crippen LogP contribution is -2.43. The number of ether oxygens (including phenoxy) is 2. The molecular formula is C32H37F2N5O4. The quantitative estimate of drug-likeness (QED) is 0.430. The Bertz CT molecular complexity index is 1580. The highest BCUT2D eigenvalue weighted by Crippen LogP contribution is 2.46. The van der Waals surface area contributed by atoms with Gasteiger partial charge in [-0.3, -0.25) is 14.6 Å². The van der Waals surface area contributed by atoms with Crippen LogP contribution in [-0.2, 0) is 11.2 Å². The Kier molecular flexibility index (Phi) is 7.12. The molecule has 11 heteroatoms. The highest BCUT2D eigenvalue weighted by Gasteiger charge is 2.50. The lowest BCUT2D eigenvalue weighted by atomic mass is 9.95. The van der Waals surface area contributed by atoms with Gasteiger partial charge >= 0.3 is 6.01 Å². The van der Waals surface area contributed by atoms with E-state index in [4.69, 9.17) is 19.4 Å². The van der Waals surface area contributed by atoms with Gasteiger partial charge in [0.15, 0.2) is 0 Å². The van der Waals surface area contributed by atoms with E-state index in [0.717, 1.165) is 25.8 Å². The van der Waals surface area contributed by atoms with Gasteiger partial charge in [-0.1, -0.05) is 13.0 Å². The molecule has 0 aliphatic carbocycles. The number of alkyl halides is 1. The second-order valence-electron chi connectivity index (χ2n) is 12.2. The second-order valence-corrected chi connectivity index (χ2v) is 12.2. The number of anilines is 2. The molecule has 1 aromatic heterocycles. The summed E-state index contributed by atoms with van der Waals surface area (Å²) in [5.74, 6) is -0.215. The Labute approximate surface area is 249 Å². The first-order valence-electron chi connectivity index (χ1n) is 15.3. The molecule has 2 aromatic carbocycles. The van der Waals surface area contributed by atoms with Crippen LogP contribution in [0.4, 0.5) is 20.3 Å². The predicted molar refractivity (Wildman–Crippen MR) is 158 cm³/mol. The summed E-state index contributed by atoms with van der Waals surface area (Å²) in [6, 6.07) is 5.73. The largest absolute Gasteiger partial charge is 0.508 e. The zero-order chi connectivity index (χ0) is 29.9. The lowest BCUT2D eigenvalue weighted by molar-refractivity contribution is 0.0992. The molecule has 0 radical (unpaired) electrons. The summed E-state index contributed by atoms with van der Waals surface area (Å²) in [7, 11) is 0. The number of aromatic hydroxyl groups is 1. The van der Waals surface area contributed by atoms with Crippen LogP contribution in [0.3, 0.4) is 0 Å². The van der Waals surface area contributed by atoms with Crippen LogP contribution in [0, 0.1) is 5.82 Å². The SMILES string of the molecule is CCc1c(F)ccc2cc(O)cc(N3C(=O)c4c(nc(OCC56CCCN5CC(F)C6)nc4N4CCCOCC4)C3C)c12. The van der Waals surface area contributed by atoms with Gasteiger partial charge in [0.25, 0.3) is 5.91 Å². The van der Waals surface area contributed by atoms with Crippen LogP contribution in [0.5, 0.6) is 11.8 Å². The topological polar surface area (TPSA) is 91.3 Å². The number of carbonyl (C=O) groups excluding carboxylic acids is 1. The van der Waals surface area contributed by atoms with Crippen LogP contribution in [-0.4, -0.2) is 83.6 Å². The molecule has 9 nitrogen and oxygen atoms in total. The molecule has 43 heavy (non-hydrogen) atoms. The van der Waals surface area contributed by atoms with Gasteiger partial charge in [-0.15, -0.1) is 0 Å². The fraction of sp³-hybridized carbons (Fsp3) is 0.531. The van der Waals surface area contributed by atoms with Gasteiger partial charge in [-0.25, -0.2) is 8.78 Å². The molecule has 7 rings (SSSR count). The molecule has 1 N–H and O–H groups in total. The summed E-state index contributed by atoms with van der Waals surface area (Å²) < 4.78 is 41.4. The van der Waals surface area contributed by atoms with Gasteiger partial charge in [-0.05, 0) is 62.2 Å². The highest BCUT2D eigenvalue weighted by atomic mass is 19.1. The number of hydrogen-bond acceptors (Lipinski definition) is 8. The van der Waals surface area contributed by atoms with E-state index in [1.807, 2.05) is 18.7 Å². The van der Waals surface area contributed by atoms with Crippen molar-refractivity contribution < 1.29 is 28.2 Å².